The van der Waals surface area contributed by atoms with Crippen LogP contribution >= 0.6 is 11.3 Å². The lowest BCUT2D eigenvalue weighted by Crippen LogP contribution is -2.45. The van der Waals surface area contributed by atoms with Crippen molar-refractivity contribution in [1.29, 1.82) is 0 Å². The first-order valence-electron chi connectivity index (χ1n) is 6.83. The van der Waals surface area contributed by atoms with Gasteiger partial charge in [-0.1, -0.05) is 0 Å². The largest absolute Gasteiger partial charge is 0.477 e. The van der Waals surface area contributed by atoms with Crippen molar-refractivity contribution in [3.63, 3.8) is 0 Å². The second-order valence-corrected chi connectivity index (χ2v) is 6.08. The van der Waals surface area contributed by atoms with E-state index in [1.54, 1.807) is 6.92 Å². The molecule has 1 aromatic rings. The fourth-order valence-corrected chi connectivity index (χ4v) is 3.07. The molecule has 0 bridgehead atoms. The Morgan fingerprint density at radius 1 is 1.57 bits per heavy atom. The van der Waals surface area contributed by atoms with E-state index in [1.807, 2.05) is 6.92 Å². The summed E-state index contributed by atoms with van der Waals surface area (Å²) in [5, 5.41) is 15.0. The number of aromatic carboxylic acids is 1. The molecule has 2 heterocycles. The minimum Gasteiger partial charge on any atom is -0.477 e. The number of rotatable bonds is 5. The van der Waals surface area contributed by atoms with Crippen LogP contribution < -0.4 is 10.6 Å². The normalized spacial score (nSPS) is 19.2. The van der Waals surface area contributed by atoms with Crippen LogP contribution in [0.2, 0.25) is 0 Å². The number of nitrogens with zero attached hydrogens (tertiary/aromatic N) is 1. The van der Waals surface area contributed by atoms with Gasteiger partial charge in [-0.15, -0.1) is 11.3 Å². The average Bonchev–Trinajstić information content (AvgIpc) is 3.05. The molecule has 8 heteroatoms. The molecule has 0 saturated carbocycles. The summed E-state index contributed by atoms with van der Waals surface area (Å²) in [6.07, 6.45) is 2.04. The van der Waals surface area contributed by atoms with E-state index in [0.29, 0.717) is 10.7 Å². The van der Waals surface area contributed by atoms with E-state index in [2.05, 4.69) is 15.6 Å². The van der Waals surface area contributed by atoms with Crippen LogP contribution in [0.1, 0.15) is 40.1 Å². The highest BCUT2D eigenvalue weighted by Gasteiger charge is 2.23. The van der Waals surface area contributed by atoms with Crippen molar-refractivity contribution in [1.82, 2.24) is 15.6 Å². The highest BCUT2D eigenvalue weighted by atomic mass is 32.1. The third-order valence-electron chi connectivity index (χ3n) is 3.32. The van der Waals surface area contributed by atoms with Crippen LogP contribution in [-0.4, -0.2) is 40.8 Å². The minimum atomic E-state index is -0.993. The minimum absolute atomic E-state index is 0.0555. The number of hydrogen-bond donors (Lipinski definition) is 3. The summed E-state index contributed by atoms with van der Waals surface area (Å²) in [6, 6.07) is -0.358. The van der Waals surface area contributed by atoms with Gasteiger partial charge in [0.2, 0.25) is 0 Å². The Balaban J connectivity index is 1.80. The molecular formula is C13H19N3O4S. The average molecular weight is 313 g/mol. The van der Waals surface area contributed by atoms with Crippen molar-refractivity contribution in [2.75, 3.05) is 6.61 Å². The van der Waals surface area contributed by atoms with Gasteiger partial charge >= 0.3 is 12.0 Å². The van der Waals surface area contributed by atoms with E-state index in [4.69, 9.17) is 9.84 Å². The van der Waals surface area contributed by atoms with E-state index >= 15 is 0 Å². The molecule has 2 rings (SSSR count). The fourth-order valence-electron chi connectivity index (χ4n) is 2.23. The zero-order chi connectivity index (χ0) is 15.4. The number of carbonyl (C=O) groups is 2. The summed E-state index contributed by atoms with van der Waals surface area (Å²) >= 11 is 1.08. The van der Waals surface area contributed by atoms with Crippen LogP contribution in [0.3, 0.4) is 0 Å². The number of aryl methyl sites for hydroxylation is 1. The van der Waals surface area contributed by atoms with Gasteiger partial charge in [0.15, 0.2) is 0 Å². The molecule has 116 valence electrons. The first-order chi connectivity index (χ1) is 9.97. The molecule has 1 aromatic heterocycles. The van der Waals surface area contributed by atoms with Crippen LogP contribution in [0, 0.1) is 6.92 Å². The fraction of sp³-hybridized carbons (Fsp3) is 0.615. The highest BCUT2D eigenvalue weighted by Crippen LogP contribution is 2.18. The van der Waals surface area contributed by atoms with E-state index in [9.17, 15) is 9.59 Å². The van der Waals surface area contributed by atoms with Crippen molar-refractivity contribution < 1.29 is 19.4 Å². The second kappa shape index (κ2) is 6.86. The summed E-state index contributed by atoms with van der Waals surface area (Å²) in [5.41, 5.74) is 0.470. The van der Waals surface area contributed by atoms with Crippen molar-refractivity contribution in [2.45, 2.75) is 45.4 Å². The van der Waals surface area contributed by atoms with Crippen LogP contribution in [0.4, 0.5) is 4.79 Å². The molecule has 0 radical (unpaired) electrons. The molecule has 0 aliphatic carbocycles. The molecular weight excluding hydrogens is 294 g/mol. The molecule has 1 aliphatic rings. The van der Waals surface area contributed by atoms with E-state index < -0.39 is 5.97 Å². The first-order valence-corrected chi connectivity index (χ1v) is 7.64. The van der Waals surface area contributed by atoms with E-state index in [-0.39, 0.29) is 29.6 Å². The molecule has 0 aromatic carbocycles. The first kappa shape index (κ1) is 15.7. The van der Waals surface area contributed by atoms with E-state index in [0.717, 1.165) is 30.8 Å². The van der Waals surface area contributed by atoms with Gasteiger partial charge in [0.25, 0.3) is 0 Å². The molecule has 1 fully saturated rings. The van der Waals surface area contributed by atoms with Crippen molar-refractivity contribution in [3.8, 4) is 0 Å². The van der Waals surface area contributed by atoms with Gasteiger partial charge in [0.1, 0.15) is 9.88 Å². The standard InChI is InChI=1S/C13H19N3O4S/c1-7(9-4-3-5-20-9)16-13(19)14-6-10-15-8(2)11(21-10)12(17)18/h7,9H,3-6H2,1-2H3,(H,17,18)(H2,14,16,19). The number of hydrogen-bond acceptors (Lipinski definition) is 5. The number of carboxylic acids is 1. The maximum Gasteiger partial charge on any atom is 0.347 e. The molecule has 21 heavy (non-hydrogen) atoms. The van der Waals surface area contributed by atoms with Crippen LogP contribution in [-0.2, 0) is 11.3 Å². The third-order valence-corrected chi connectivity index (χ3v) is 4.46. The summed E-state index contributed by atoms with van der Waals surface area (Å²) < 4.78 is 5.51. The van der Waals surface area contributed by atoms with Crippen LogP contribution in [0.15, 0.2) is 0 Å². The van der Waals surface area contributed by atoms with Gasteiger partial charge < -0.3 is 20.5 Å². The van der Waals surface area contributed by atoms with Crippen LogP contribution in [0.5, 0.6) is 0 Å². The summed E-state index contributed by atoms with van der Waals surface area (Å²) in [7, 11) is 0. The summed E-state index contributed by atoms with van der Waals surface area (Å²) in [4.78, 5) is 27.1. The Labute approximate surface area is 126 Å². The summed E-state index contributed by atoms with van der Waals surface area (Å²) in [5.74, 6) is -0.993. The van der Waals surface area contributed by atoms with Gasteiger partial charge in [-0.2, -0.15) is 0 Å². The lowest BCUT2D eigenvalue weighted by Gasteiger charge is -2.20. The zero-order valence-electron chi connectivity index (χ0n) is 12.0. The van der Waals surface area contributed by atoms with Crippen molar-refractivity contribution in [2.24, 2.45) is 0 Å². The Hall–Kier alpha value is -1.67. The predicted molar refractivity (Wildman–Crippen MR) is 77.6 cm³/mol. The third kappa shape index (κ3) is 4.15. The monoisotopic (exact) mass is 313 g/mol. The molecule has 2 unspecified atom stereocenters. The number of nitrogens with one attached hydrogen (secondary N) is 2. The Morgan fingerprint density at radius 3 is 2.90 bits per heavy atom. The van der Waals surface area contributed by atoms with Crippen molar-refractivity contribution >= 4 is 23.3 Å². The van der Waals surface area contributed by atoms with E-state index in [1.165, 1.54) is 0 Å². The van der Waals surface area contributed by atoms with Crippen molar-refractivity contribution in [3.05, 3.63) is 15.6 Å². The molecule has 0 spiro atoms. The Kier molecular flexibility index (Phi) is 5.13. The number of aromatic nitrogens is 1. The maximum absolute atomic E-state index is 11.8. The predicted octanol–water partition coefficient (Wildman–Crippen LogP) is 1.52. The van der Waals surface area contributed by atoms with Gasteiger partial charge in [0.05, 0.1) is 24.4 Å². The number of thiazole rings is 1. The Morgan fingerprint density at radius 2 is 2.33 bits per heavy atom. The molecule has 3 N–H and O–H groups in total. The number of amides is 2. The SMILES string of the molecule is Cc1nc(CNC(=O)NC(C)C2CCCO2)sc1C(=O)O. The number of urea groups is 1. The molecule has 2 atom stereocenters. The number of carbonyl (C=O) groups excluding carboxylic acids is 1. The smallest absolute Gasteiger partial charge is 0.347 e. The quantitative estimate of drug-likeness (QED) is 0.765. The van der Waals surface area contributed by atoms with Gasteiger partial charge in [-0.3, -0.25) is 0 Å². The van der Waals surface area contributed by atoms with Crippen LogP contribution in [0.25, 0.3) is 0 Å². The molecule has 1 saturated heterocycles. The van der Waals surface area contributed by atoms with Gasteiger partial charge in [0, 0.05) is 6.61 Å². The second-order valence-electron chi connectivity index (χ2n) is 4.99. The highest BCUT2D eigenvalue weighted by molar-refractivity contribution is 7.13. The van der Waals surface area contributed by atoms with Gasteiger partial charge in [-0.05, 0) is 26.7 Å². The van der Waals surface area contributed by atoms with Gasteiger partial charge in [-0.25, -0.2) is 14.6 Å². The molecule has 1 aliphatic heterocycles. The number of carboxylic acid groups (broad SMARTS) is 1. The lowest BCUT2D eigenvalue weighted by atomic mass is 10.1. The summed E-state index contributed by atoms with van der Waals surface area (Å²) in [6.45, 7) is 4.51. The molecule has 2 amide bonds. The zero-order valence-corrected chi connectivity index (χ0v) is 12.8. The molecule has 7 nitrogen and oxygen atoms in total. The topological polar surface area (TPSA) is 101 Å². The number of ether oxygens (including phenoxy) is 1. The lowest BCUT2D eigenvalue weighted by molar-refractivity contribution is 0.0701. The maximum atomic E-state index is 11.8. The Bertz CT molecular complexity index is 525.